The second-order valence-corrected chi connectivity index (χ2v) is 8.52. The number of likely N-dealkylation sites (tertiary alicyclic amines) is 1. The van der Waals surface area contributed by atoms with Crippen LogP contribution < -0.4 is 10.6 Å². The van der Waals surface area contributed by atoms with Gasteiger partial charge in [-0.25, -0.2) is 9.97 Å². The van der Waals surface area contributed by atoms with Crippen LogP contribution in [-0.2, 0) is 9.53 Å². The van der Waals surface area contributed by atoms with Gasteiger partial charge in [0.2, 0.25) is 17.8 Å². The molecule has 0 radical (unpaired) electrons. The van der Waals surface area contributed by atoms with Crippen LogP contribution in [0.2, 0.25) is 0 Å². The summed E-state index contributed by atoms with van der Waals surface area (Å²) in [5, 5.41) is 0. The standard InChI is InChI=1S/C23H30N6O3/c1-27(2)23-25-13-19(16-3-5-17(6-4-16)22(24)31)21(26-23)18-7-8-29(14-18)20(30)15-28-9-11-32-12-10-28/h3-6,13,18H,7-12,14-15H2,1-2H3,(H2,24,31)/t18-/m1/s1. The van der Waals surface area contributed by atoms with Crippen molar-refractivity contribution < 1.29 is 14.3 Å². The number of morpholine rings is 1. The number of anilines is 1. The zero-order chi connectivity index (χ0) is 22.7. The van der Waals surface area contributed by atoms with E-state index in [0.29, 0.717) is 37.8 Å². The molecule has 4 rings (SSSR count). The molecule has 0 spiro atoms. The van der Waals surface area contributed by atoms with Crippen molar-refractivity contribution in [3.8, 4) is 11.1 Å². The Morgan fingerprint density at radius 2 is 1.88 bits per heavy atom. The molecule has 2 fully saturated rings. The second-order valence-electron chi connectivity index (χ2n) is 8.52. The largest absolute Gasteiger partial charge is 0.379 e. The molecule has 3 heterocycles. The molecule has 0 saturated carbocycles. The number of carbonyl (C=O) groups is 2. The fourth-order valence-corrected chi connectivity index (χ4v) is 4.21. The van der Waals surface area contributed by atoms with Crippen LogP contribution in [0.3, 0.4) is 0 Å². The van der Waals surface area contributed by atoms with Gasteiger partial charge >= 0.3 is 0 Å². The normalized spacial score (nSPS) is 19.2. The number of nitrogens with zero attached hydrogens (tertiary/aromatic N) is 5. The maximum atomic E-state index is 12.9. The average Bonchev–Trinajstić information content (AvgIpc) is 3.30. The van der Waals surface area contributed by atoms with Crippen molar-refractivity contribution in [2.45, 2.75) is 12.3 Å². The zero-order valence-corrected chi connectivity index (χ0v) is 18.7. The lowest BCUT2D eigenvalue weighted by Crippen LogP contribution is -2.44. The Bertz CT molecular complexity index is 972. The molecule has 170 valence electrons. The lowest BCUT2D eigenvalue weighted by Gasteiger charge is -2.28. The van der Waals surface area contributed by atoms with Crippen LogP contribution >= 0.6 is 0 Å². The Kier molecular flexibility index (Phi) is 6.66. The molecule has 2 N–H and O–H groups in total. The summed E-state index contributed by atoms with van der Waals surface area (Å²) < 4.78 is 5.38. The van der Waals surface area contributed by atoms with E-state index in [4.69, 9.17) is 15.5 Å². The highest BCUT2D eigenvalue weighted by Gasteiger charge is 2.31. The van der Waals surface area contributed by atoms with Crippen LogP contribution in [0.15, 0.2) is 30.5 Å². The topological polar surface area (TPSA) is 105 Å². The highest BCUT2D eigenvalue weighted by atomic mass is 16.5. The number of ether oxygens (including phenoxy) is 1. The molecule has 1 atom stereocenters. The fourth-order valence-electron chi connectivity index (χ4n) is 4.21. The van der Waals surface area contributed by atoms with E-state index in [1.54, 1.807) is 12.1 Å². The monoisotopic (exact) mass is 438 g/mol. The summed E-state index contributed by atoms with van der Waals surface area (Å²) in [6.45, 7) is 4.75. The third kappa shape index (κ3) is 4.89. The summed E-state index contributed by atoms with van der Waals surface area (Å²) in [7, 11) is 3.82. The highest BCUT2D eigenvalue weighted by Crippen LogP contribution is 2.34. The molecule has 2 aromatic rings. The van der Waals surface area contributed by atoms with Gasteiger partial charge in [-0.15, -0.1) is 0 Å². The van der Waals surface area contributed by atoms with E-state index in [2.05, 4.69) is 9.88 Å². The molecule has 2 aliphatic rings. The summed E-state index contributed by atoms with van der Waals surface area (Å²) in [5.41, 5.74) is 8.61. The predicted octanol–water partition coefficient (Wildman–Crippen LogP) is 0.957. The van der Waals surface area contributed by atoms with Crippen LogP contribution in [0.4, 0.5) is 5.95 Å². The van der Waals surface area contributed by atoms with Gasteiger partial charge in [-0.05, 0) is 24.1 Å². The first-order valence-corrected chi connectivity index (χ1v) is 10.9. The summed E-state index contributed by atoms with van der Waals surface area (Å²) in [5.74, 6) is 0.455. The van der Waals surface area contributed by atoms with Crippen LogP contribution in [0.25, 0.3) is 11.1 Å². The molecule has 0 unspecified atom stereocenters. The molecular formula is C23H30N6O3. The van der Waals surface area contributed by atoms with Crippen molar-refractivity contribution in [2.24, 2.45) is 5.73 Å². The van der Waals surface area contributed by atoms with Gasteiger partial charge in [0, 0.05) is 63.5 Å². The number of primary amides is 1. The van der Waals surface area contributed by atoms with Gasteiger partial charge in [-0.1, -0.05) is 12.1 Å². The maximum absolute atomic E-state index is 12.9. The fraction of sp³-hybridized carbons (Fsp3) is 0.478. The summed E-state index contributed by atoms with van der Waals surface area (Å²) in [6, 6.07) is 7.17. The first-order valence-electron chi connectivity index (χ1n) is 10.9. The lowest BCUT2D eigenvalue weighted by molar-refractivity contribution is -0.132. The summed E-state index contributed by atoms with van der Waals surface area (Å²) in [6.07, 6.45) is 2.68. The molecule has 1 aromatic heterocycles. The average molecular weight is 439 g/mol. The number of carbonyl (C=O) groups excluding carboxylic acids is 2. The SMILES string of the molecule is CN(C)c1ncc(-c2ccc(C(N)=O)cc2)c([C@@H]2CCN(C(=O)CN3CCOCC3)C2)n1. The highest BCUT2D eigenvalue weighted by molar-refractivity contribution is 5.93. The van der Waals surface area contributed by atoms with E-state index in [-0.39, 0.29) is 11.8 Å². The number of hydrogen-bond acceptors (Lipinski definition) is 7. The van der Waals surface area contributed by atoms with Crippen LogP contribution in [0, 0.1) is 0 Å². The van der Waals surface area contributed by atoms with Gasteiger partial charge in [0.1, 0.15) is 0 Å². The number of rotatable bonds is 6. The van der Waals surface area contributed by atoms with Crippen molar-refractivity contribution in [2.75, 3.05) is 64.9 Å². The van der Waals surface area contributed by atoms with E-state index in [1.807, 2.05) is 42.2 Å². The molecule has 2 amide bonds. The number of hydrogen-bond donors (Lipinski definition) is 1. The molecule has 1 aromatic carbocycles. The second kappa shape index (κ2) is 9.62. The number of amides is 2. The predicted molar refractivity (Wildman–Crippen MR) is 122 cm³/mol. The minimum atomic E-state index is -0.457. The van der Waals surface area contributed by atoms with Gasteiger partial charge in [-0.3, -0.25) is 14.5 Å². The first-order chi connectivity index (χ1) is 15.4. The van der Waals surface area contributed by atoms with E-state index in [1.165, 1.54) is 0 Å². The summed E-state index contributed by atoms with van der Waals surface area (Å²) in [4.78, 5) is 39.6. The zero-order valence-electron chi connectivity index (χ0n) is 18.7. The third-order valence-electron chi connectivity index (χ3n) is 6.08. The van der Waals surface area contributed by atoms with Gasteiger partial charge in [0.15, 0.2) is 0 Å². The number of aromatic nitrogens is 2. The Morgan fingerprint density at radius 3 is 2.53 bits per heavy atom. The minimum absolute atomic E-state index is 0.121. The van der Waals surface area contributed by atoms with Gasteiger partial charge in [0.05, 0.1) is 25.5 Å². The third-order valence-corrected chi connectivity index (χ3v) is 6.08. The Morgan fingerprint density at radius 1 is 1.16 bits per heavy atom. The van der Waals surface area contributed by atoms with E-state index in [9.17, 15) is 9.59 Å². The van der Waals surface area contributed by atoms with Crippen molar-refractivity contribution in [1.82, 2.24) is 19.8 Å². The van der Waals surface area contributed by atoms with E-state index in [0.717, 1.165) is 42.9 Å². The Balaban J connectivity index is 1.55. The molecular weight excluding hydrogens is 408 g/mol. The number of nitrogens with two attached hydrogens (primary N) is 1. The van der Waals surface area contributed by atoms with Crippen LogP contribution in [0.1, 0.15) is 28.4 Å². The van der Waals surface area contributed by atoms with Gasteiger partial charge in [-0.2, -0.15) is 0 Å². The lowest BCUT2D eigenvalue weighted by atomic mass is 9.95. The smallest absolute Gasteiger partial charge is 0.248 e. The molecule has 0 aliphatic carbocycles. The molecule has 32 heavy (non-hydrogen) atoms. The molecule has 0 bridgehead atoms. The Hall–Kier alpha value is -3.04. The molecule has 2 aliphatic heterocycles. The minimum Gasteiger partial charge on any atom is -0.379 e. The maximum Gasteiger partial charge on any atom is 0.248 e. The van der Waals surface area contributed by atoms with Gasteiger partial charge < -0.3 is 20.3 Å². The molecule has 9 heteroatoms. The van der Waals surface area contributed by atoms with E-state index >= 15 is 0 Å². The molecule has 9 nitrogen and oxygen atoms in total. The quantitative estimate of drug-likeness (QED) is 0.716. The van der Waals surface area contributed by atoms with Crippen molar-refractivity contribution in [3.05, 3.63) is 41.7 Å². The number of benzene rings is 1. The summed E-state index contributed by atoms with van der Waals surface area (Å²) >= 11 is 0. The van der Waals surface area contributed by atoms with Crippen molar-refractivity contribution in [3.63, 3.8) is 0 Å². The van der Waals surface area contributed by atoms with Crippen LogP contribution in [-0.4, -0.2) is 91.6 Å². The molecule has 2 saturated heterocycles. The van der Waals surface area contributed by atoms with E-state index < -0.39 is 5.91 Å². The van der Waals surface area contributed by atoms with Crippen LogP contribution in [0.5, 0.6) is 0 Å². The van der Waals surface area contributed by atoms with Crippen molar-refractivity contribution >= 4 is 17.8 Å². The van der Waals surface area contributed by atoms with Gasteiger partial charge in [0.25, 0.3) is 0 Å². The first kappa shape index (κ1) is 22.2. The van der Waals surface area contributed by atoms with Crippen molar-refractivity contribution in [1.29, 1.82) is 0 Å². The Labute approximate surface area is 188 Å².